The molecule has 2 aliphatic heterocycles. The highest BCUT2D eigenvalue weighted by atomic mass is 35.5. The van der Waals surface area contributed by atoms with E-state index in [9.17, 15) is 4.79 Å². The molecule has 0 saturated heterocycles. The maximum atomic E-state index is 12.7. The molecule has 4 heteroatoms. The predicted molar refractivity (Wildman–Crippen MR) is 79.8 cm³/mol. The summed E-state index contributed by atoms with van der Waals surface area (Å²) in [6.45, 7) is 2.00. The number of allylic oxidation sites excluding steroid dienone is 2. The van der Waals surface area contributed by atoms with Crippen LogP contribution in [0.4, 0.5) is 0 Å². The number of nitrogens with zero attached hydrogens (tertiary/aromatic N) is 2. The maximum Gasteiger partial charge on any atom is 0.188 e. The molecule has 4 rings (SSSR count). The number of Topliss-reactive ketones (excluding diaryl/α,β-unsaturated/α-hetero) is 1. The van der Waals surface area contributed by atoms with Crippen LogP contribution in [0.15, 0.2) is 51.1 Å². The van der Waals surface area contributed by atoms with E-state index in [1.807, 2.05) is 37.3 Å². The molecule has 98 valence electrons. The molecule has 1 aromatic rings. The summed E-state index contributed by atoms with van der Waals surface area (Å²) in [5.41, 5.74) is 4.57. The first-order chi connectivity index (χ1) is 9.66. The molecule has 0 spiro atoms. The zero-order valence-corrected chi connectivity index (χ0v) is 11.6. The summed E-state index contributed by atoms with van der Waals surface area (Å²) in [7, 11) is 0. The third-order valence-corrected chi connectivity index (χ3v) is 4.25. The number of fused-ring (bicyclic) bond motifs is 2. The van der Waals surface area contributed by atoms with Gasteiger partial charge in [0.15, 0.2) is 5.78 Å². The van der Waals surface area contributed by atoms with Crippen molar-refractivity contribution in [1.82, 2.24) is 0 Å². The molecule has 0 bridgehead atoms. The highest BCUT2D eigenvalue weighted by molar-refractivity contribution is 6.32. The van der Waals surface area contributed by atoms with Gasteiger partial charge in [-0.3, -0.25) is 9.79 Å². The number of hydrogen-bond acceptors (Lipinski definition) is 3. The van der Waals surface area contributed by atoms with Crippen LogP contribution in [0.5, 0.6) is 0 Å². The fourth-order valence-corrected chi connectivity index (χ4v) is 3.41. The summed E-state index contributed by atoms with van der Waals surface area (Å²) in [6.07, 6.45) is 5.43. The minimum absolute atomic E-state index is 0.0703. The molecule has 0 amide bonds. The Balaban J connectivity index is 2.07. The summed E-state index contributed by atoms with van der Waals surface area (Å²) in [5.74, 6) is -0.0236. The Hall–Kier alpha value is -2.00. The van der Waals surface area contributed by atoms with E-state index in [0.29, 0.717) is 10.7 Å². The maximum absolute atomic E-state index is 12.7. The smallest absolute Gasteiger partial charge is 0.188 e. The normalized spacial score (nSPS) is 26.3. The summed E-state index contributed by atoms with van der Waals surface area (Å²) in [4.78, 5) is 21.5. The fraction of sp³-hybridized carbons (Fsp3) is 0.188. The van der Waals surface area contributed by atoms with Crippen molar-refractivity contribution < 1.29 is 4.79 Å². The second kappa shape index (κ2) is 4.00. The molecule has 2 atom stereocenters. The van der Waals surface area contributed by atoms with Gasteiger partial charge in [0.2, 0.25) is 0 Å². The van der Waals surface area contributed by atoms with Crippen molar-refractivity contribution >= 4 is 29.3 Å². The quantitative estimate of drug-likeness (QED) is 0.674. The Morgan fingerprint density at radius 2 is 2.15 bits per heavy atom. The van der Waals surface area contributed by atoms with Gasteiger partial charge in [0.1, 0.15) is 11.2 Å². The molecule has 1 aromatic carbocycles. The molecule has 2 heterocycles. The zero-order valence-electron chi connectivity index (χ0n) is 10.8. The number of carbonyl (C=O) groups is 1. The molecule has 0 saturated carbocycles. The first kappa shape index (κ1) is 11.8. The van der Waals surface area contributed by atoms with E-state index in [1.54, 1.807) is 6.21 Å². The second-order valence-electron chi connectivity index (χ2n) is 5.21. The molecule has 0 N–H and O–H groups in total. The monoisotopic (exact) mass is 282 g/mol. The van der Waals surface area contributed by atoms with Crippen molar-refractivity contribution in [3.8, 4) is 0 Å². The number of hydrogen-bond donors (Lipinski definition) is 0. The lowest BCUT2D eigenvalue weighted by Crippen LogP contribution is -2.43. The van der Waals surface area contributed by atoms with Crippen molar-refractivity contribution in [2.75, 3.05) is 0 Å². The summed E-state index contributed by atoms with van der Waals surface area (Å²) < 4.78 is 0. The second-order valence-corrected chi connectivity index (χ2v) is 5.60. The Labute approximate surface area is 121 Å². The fourth-order valence-electron chi connectivity index (χ4n) is 3.20. The first-order valence-corrected chi connectivity index (χ1v) is 6.88. The summed E-state index contributed by atoms with van der Waals surface area (Å²) in [5, 5.41) is 0.458. The van der Waals surface area contributed by atoms with Crippen LogP contribution in [0.1, 0.15) is 21.5 Å². The van der Waals surface area contributed by atoms with Crippen LogP contribution in [0, 0.1) is 12.8 Å². The number of aliphatic imine (C=N–C) groups is 2. The van der Waals surface area contributed by atoms with Gasteiger partial charge in [-0.05, 0) is 30.2 Å². The lowest BCUT2D eigenvalue weighted by Gasteiger charge is -2.35. The Morgan fingerprint density at radius 3 is 3.00 bits per heavy atom. The molecule has 3 aliphatic rings. The summed E-state index contributed by atoms with van der Waals surface area (Å²) >= 11 is 6.14. The lowest BCUT2D eigenvalue weighted by atomic mass is 9.71. The van der Waals surface area contributed by atoms with Gasteiger partial charge in [0.05, 0.1) is 11.6 Å². The lowest BCUT2D eigenvalue weighted by molar-refractivity contribution is 0.0948. The highest BCUT2D eigenvalue weighted by Gasteiger charge is 2.43. The standard InChI is InChI=1S/C16H11ClN2O/c1-8-3-2-4-10-12(8)14-13-9(7-11(17)19-14)5-6-18-15(13)16(10)20/h2-7,13,15H,1H3. The third kappa shape index (κ3) is 1.44. The first-order valence-electron chi connectivity index (χ1n) is 6.50. The van der Waals surface area contributed by atoms with E-state index in [-0.39, 0.29) is 11.7 Å². The van der Waals surface area contributed by atoms with Gasteiger partial charge in [0, 0.05) is 17.3 Å². The van der Waals surface area contributed by atoms with Gasteiger partial charge in [-0.1, -0.05) is 29.8 Å². The van der Waals surface area contributed by atoms with Crippen molar-refractivity contribution in [2.24, 2.45) is 15.9 Å². The van der Waals surface area contributed by atoms with Crippen molar-refractivity contribution in [3.63, 3.8) is 0 Å². The number of benzene rings is 1. The van der Waals surface area contributed by atoms with Gasteiger partial charge in [-0.25, -0.2) is 4.99 Å². The van der Waals surface area contributed by atoms with E-state index >= 15 is 0 Å². The Bertz CT molecular complexity index is 771. The van der Waals surface area contributed by atoms with E-state index in [2.05, 4.69) is 9.98 Å². The van der Waals surface area contributed by atoms with Crippen LogP contribution in [-0.4, -0.2) is 23.8 Å². The van der Waals surface area contributed by atoms with Gasteiger partial charge in [-0.2, -0.15) is 0 Å². The SMILES string of the molecule is Cc1cccc2c1C1=NC(Cl)=CC3=CC=NC(C2=O)C31. The molecule has 20 heavy (non-hydrogen) atoms. The van der Waals surface area contributed by atoms with Crippen LogP contribution in [0.2, 0.25) is 0 Å². The van der Waals surface area contributed by atoms with Crippen LogP contribution in [0.25, 0.3) is 0 Å². The molecule has 1 aliphatic carbocycles. The van der Waals surface area contributed by atoms with Crippen LogP contribution in [-0.2, 0) is 0 Å². The average Bonchev–Trinajstić information content (AvgIpc) is 2.43. The minimum atomic E-state index is -0.399. The van der Waals surface area contributed by atoms with Crippen molar-refractivity contribution in [3.05, 3.63) is 57.8 Å². The third-order valence-electron chi connectivity index (χ3n) is 4.06. The van der Waals surface area contributed by atoms with Crippen molar-refractivity contribution in [2.45, 2.75) is 13.0 Å². The van der Waals surface area contributed by atoms with Crippen LogP contribution in [0.3, 0.4) is 0 Å². The number of halogens is 1. The minimum Gasteiger partial charge on any atom is -0.292 e. The van der Waals surface area contributed by atoms with Crippen LogP contribution >= 0.6 is 11.6 Å². The van der Waals surface area contributed by atoms with Gasteiger partial charge in [0.25, 0.3) is 0 Å². The Morgan fingerprint density at radius 1 is 1.30 bits per heavy atom. The molecule has 3 nitrogen and oxygen atoms in total. The molecule has 0 fully saturated rings. The number of rotatable bonds is 0. The number of dihydropyridines is 1. The average molecular weight is 283 g/mol. The molecule has 0 radical (unpaired) electrons. The van der Waals surface area contributed by atoms with E-state index < -0.39 is 6.04 Å². The molecular formula is C16H11ClN2O. The molecule has 2 unspecified atom stereocenters. The largest absolute Gasteiger partial charge is 0.292 e. The molecular weight excluding hydrogens is 272 g/mol. The number of carbonyl (C=O) groups excluding carboxylic acids is 1. The Kier molecular flexibility index (Phi) is 2.36. The number of aryl methyl sites for hydroxylation is 1. The van der Waals surface area contributed by atoms with Gasteiger partial charge in [-0.15, -0.1) is 0 Å². The predicted octanol–water partition coefficient (Wildman–Crippen LogP) is 3.07. The number of ketones is 1. The summed E-state index contributed by atoms with van der Waals surface area (Å²) in [6, 6.07) is 5.35. The van der Waals surface area contributed by atoms with E-state index in [1.165, 1.54) is 0 Å². The van der Waals surface area contributed by atoms with Gasteiger partial charge < -0.3 is 0 Å². The van der Waals surface area contributed by atoms with E-state index in [0.717, 1.165) is 22.4 Å². The highest BCUT2D eigenvalue weighted by Crippen LogP contribution is 2.39. The van der Waals surface area contributed by atoms with Crippen molar-refractivity contribution in [1.29, 1.82) is 0 Å². The van der Waals surface area contributed by atoms with Gasteiger partial charge >= 0.3 is 0 Å². The van der Waals surface area contributed by atoms with Crippen LogP contribution < -0.4 is 0 Å². The topological polar surface area (TPSA) is 41.8 Å². The van der Waals surface area contributed by atoms with E-state index in [4.69, 9.17) is 11.6 Å². The zero-order chi connectivity index (χ0) is 13.9. The molecule has 0 aromatic heterocycles.